The number of hydrogen-bond donors (Lipinski definition) is 0. The van der Waals surface area contributed by atoms with E-state index in [0.29, 0.717) is 17.5 Å². The Morgan fingerprint density at radius 2 is 0.661 bits per heavy atom. The van der Waals surface area contributed by atoms with Gasteiger partial charge in [-0.2, -0.15) is 0 Å². The fraction of sp³-hybridized carbons (Fsp3) is 0.0678. The Balaban J connectivity index is 0.937. The first-order valence-corrected chi connectivity index (χ1v) is 21.4. The third-order valence-electron chi connectivity index (χ3n) is 13.4. The number of nitrogens with zero attached hydrogens (tertiary/aromatic N) is 3. The minimum Gasteiger partial charge on any atom is -0.208 e. The second-order valence-corrected chi connectivity index (χ2v) is 17.2. The second-order valence-electron chi connectivity index (χ2n) is 17.2. The van der Waals surface area contributed by atoms with Crippen molar-refractivity contribution in [1.82, 2.24) is 15.0 Å². The van der Waals surface area contributed by atoms with Crippen LogP contribution in [0.2, 0.25) is 0 Å². The van der Waals surface area contributed by atoms with Gasteiger partial charge in [0.15, 0.2) is 17.5 Å². The van der Waals surface area contributed by atoms with E-state index in [1.807, 2.05) is 60.7 Å². The van der Waals surface area contributed by atoms with Crippen molar-refractivity contribution >= 4 is 10.8 Å². The molecule has 1 heterocycles. The average molecular weight is 792 g/mol. The van der Waals surface area contributed by atoms with Crippen LogP contribution in [0.25, 0.3) is 78.3 Å². The van der Waals surface area contributed by atoms with Crippen LogP contribution in [0.15, 0.2) is 212 Å². The zero-order valence-electron chi connectivity index (χ0n) is 34.5. The fourth-order valence-electron chi connectivity index (χ4n) is 10.4. The largest absolute Gasteiger partial charge is 0.208 e. The zero-order valence-corrected chi connectivity index (χ0v) is 34.5. The molecule has 0 unspecified atom stereocenters. The Hall–Kier alpha value is -7.75. The van der Waals surface area contributed by atoms with Gasteiger partial charge in [-0.15, -0.1) is 0 Å². The monoisotopic (exact) mass is 791 g/mol. The van der Waals surface area contributed by atoms with Gasteiger partial charge in [0, 0.05) is 22.1 Å². The van der Waals surface area contributed by atoms with Crippen LogP contribution < -0.4 is 0 Å². The summed E-state index contributed by atoms with van der Waals surface area (Å²) >= 11 is 0. The van der Waals surface area contributed by atoms with Gasteiger partial charge in [0.05, 0.1) is 5.41 Å². The van der Waals surface area contributed by atoms with E-state index in [1.165, 1.54) is 66.4 Å². The molecule has 0 saturated carbocycles. The average Bonchev–Trinajstić information content (AvgIpc) is 3.63. The number of aromatic nitrogens is 3. The third-order valence-corrected chi connectivity index (χ3v) is 13.4. The lowest BCUT2D eigenvalue weighted by Gasteiger charge is -2.46. The van der Waals surface area contributed by atoms with Crippen molar-refractivity contribution in [3.8, 4) is 67.5 Å². The Morgan fingerprint density at radius 1 is 0.274 bits per heavy atom. The van der Waals surface area contributed by atoms with E-state index < -0.39 is 5.41 Å². The summed E-state index contributed by atoms with van der Waals surface area (Å²) in [5.74, 6) is 1.96. The highest BCUT2D eigenvalue weighted by atomic mass is 15.0. The quantitative estimate of drug-likeness (QED) is 0.174. The van der Waals surface area contributed by atoms with Crippen LogP contribution in [0.5, 0.6) is 0 Å². The molecule has 0 N–H and O–H groups in total. The Morgan fingerprint density at radius 3 is 1.23 bits per heavy atom. The minimum absolute atomic E-state index is 0.130. The van der Waals surface area contributed by atoms with Crippen molar-refractivity contribution in [3.63, 3.8) is 0 Å². The molecule has 1 aromatic heterocycles. The first kappa shape index (κ1) is 36.1. The molecule has 0 fully saturated rings. The molecule has 0 bridgehead atoms. The molecule has 0 saturated heterocycles. The van der Waals surface area contributed by atoms with E-state index in [4.69, 9.17) is 15.0 Å². The second kappa shape index (κ2) is 13.9. The van der Waals surface area contributed by atoms with Crippen LogP contribution in [0.3, 0.4) is 0 Å². The number of hydrogen-bond acceptors (Lipinski definition) is 3. The molecule has 0 aliphatic heterocycles. The molecule has 3 heteroatoms. The normalized spacial score (nSPS) is 13.9. The van der Waals surface area contributed by atoms with E-state index in [1.54, 1.807) is 0 Å². The van der Waals surface area contributed by atoms with Gasteiger partial charge in [-0.25, -0.2) is 15.0 Å². The van der Waals surface area contributed by atoms with E-state index in [0.717, 1.165) is 27.8 Å². The maximum atomic E-state index is 4.95. The highest BCUT2D eigenvalue weighted by Crippen LogP contribution is 2.62. The van der Waals surface area contributed by atoms with Gasteiger partial charge in [0.2, 0.25) is 0 Å². The van der Waals surface area contributed by atoms with Gasteiger partial charge in [-0.05, 0) is 95.7 Å². The number of fused-ring (bicyclic) bond motifs is 10. The minimum atomic E-state index is -0.422. The Bertz CT molecular complexity index is 3260. The Kier molecular flexibility index (Phi) is 8.10. The number of rotatable bonds is 5. The summed E-state index contributed by atoms with van der Waals surface area (Å²) in [4.78, 5) is 14.8. The van der Waals surface area contributed by atoms with Crippen LogP contribution in [-0.4, -0.2) is 15.0 Å². The predicted molar refractivity (Wildman–Crippen MR) is 254 cm³/mol. The molecule has 1 spiro atoms. The topological polar surface area (TPSA) is 38.7 Å². The molecule has 10 aromatic rings. The molecule has 9 aromatic carbocycles. The van der Waals surface area contributed by atoms with Gasteiger partial charge in [0.1, 0.15) is 0 Å². The molecule has 0 atom stereocenters. The SMILES string of the molecule is CC1(C)c2ccccc2C2(c3ccccc3-c3ccc(-c4ccc5ccc(-c6ccc(-c7nc(-c8ccccc8)nc(-c8ccccc8)n7)cc6)cc5c4)cc32)c2ccccc21. The summed E-state index contributed by atoms with van der Waals surface area (Å²) in [6, 6.07) is 77.0. The van der Waals surface area contributed by atoms with Crippen molar-refractivity contribution in [3.05, 3.63) is 246 Å². The van der Waals surface area contributed by atoms with Crippen LogP contribution in [0, 0.1) is 0 Å². The summed E-state index contributed by atoms with van der Waals surface area (Å²) in [6.45, 7) is 4.76. The highest BCUT2D eigenvalue weighted by molar-refractivity contribution is 5.94. The molecular weight excluding hydrogens is 751 g/mol. The van der Waals surface area contributed by atoms with Gasteiger partial charge in [0.25, 0.3) is 0 Å². The van der Waals surface area contributed by atoms with Crippen molar-refractivity contribution in [2.24, 2.45) is 0 Å². The summed E-state index contributed by atoms with van der Waals surface area (Å²) in [7, 11) is 0. The van der Waals surface area contributed by atoms with Gasteiger partial charge >= 0.3 is 0 Å². The van der Waals surface area contributed by atoms with Gasteiger partial charge in [-0.1, -0.05) is 208 Å². The number of benzene rings is 9. The van der Waals surface area contributed by atoms with Gasteiger partial charge < -0.3 is 0 Å². The lowest BCUT2D eigenvalue weighted by Crippen LogP contribution is -2.40. The van der Waals surface area contributed by atoms with E-state index in [9.17, 15) is 0 Å². The van der Waals surface area contributed by atoms with Crippen LogP contribution >= 0.6 is 0 Å². The fourth-order valence-corrected chi connectivity index (χ4v) is 10.4. The molecule has 2 aliphatic carbocycles. The predicted octanol–water partition coefficient (Wildman–Crippen LogP) is 14.4. The van der Waals surface area contributed by atoms with Gasteiger partial charge in [-0.3, -0.25) is 0 Å². The molecule has 292 valence electrons. The molecule has 2 aliphatic rings. The standard InChI is InChI=1S/C59H41N3/c1-58(2)50-21-11-13-23-52(50)59(53-24-14-12-22-51(53)58)49-20-10-9-19-47(49)48-34-33-45(37-54(48)59)44-32-28-39-27-31-43(35-46(39)36-44)38-25-29-42(30-26-38)57-61-55(40-15-5-3-6-16-40)60-56(62-57)41-17-7-4-8-18-41/h3-37H,1-2H3. The lowest BCUT2D eigenvalue weighted by atomic mass is 9.55. The third kappa shape index (κ3) is 5.48. The lowest BCUT2D eigenvalue weighted by molar-refractivity contribution is 0.563. The zero-order chi connectivity index (χ0) is 41.4. The van der Waals surface area contributed by atoms with Crippen molar-refractivity contribution in [2.45, 2.75) is 24.7 Å². The van der Waals surface area contributed by atoms with Crippen molar-refractivity contribution in [1.29, 1.82) is 0 Å². The maximum absolute atomic E-state index is 4.95. The Labute approximate surface area is 362 Å². The molecule has 0 amide bonds. The molecular formula is C59H41N3. The van der Waals surface area contributed by atoms with Crippen LogP contribution in [0.4, 0.5) is 0 Å². The summed E-state index contributed by atoms with van der Waals surface area (Å²) in [6.07, 6.45) is 0. The van der Waals surface area contributed by atoms with E-state index in [2.05, 4.69) is 166 Å². The van der Waals surface area contributed by atoms with Crippen LogP contribution in [0.1, 0.15) is 47.2 Å². The summed E-state index contributed by atoms with van der Waals surface area (Å²) in [5, 5.41) is 2.42. The van der Waals surface area contributed by atoms with Crippen molar-refractivity contribution in [2.75, 3.05) is 0 Å². The molecule has 62 heavy (non-hydrogen) atoms. The van der Waals surface area contributed by atoms with Crippen LogP contribution in [-0.2, 0) is 10.8 Å². The molecule has 12 rings (SSSR count). The summed E-state index contributed by atoms with van der Waals surface area (Å²) < 4.78 is 0. The summed E-state index contributed by atoms with van der Waals surface area (Å²) in [5.41, 5.74) is 17.9. The maximum Gasteiger partial charge on any atom is 0.164 e. The molecule has 0 radical (unpaired) electrons. The van der Waals surface area contributed by atoms with E-state index >= 15 is 0 Å². The first-order chi connectivity index (χ1) is 30.5. The first-order valence-electron chi connectivity index (χ1n) is 21.4. The van der Waals surface area contributed by atoms with Crippen molar-refractivity contribution < 1.29 is 0 Å². The highest BCUT2D eigenvalue weighted by Gasteiger charge is 2.53. The smallest absolute Gasteiger partial charge is 0.164 e. The van der Waals surface area contributed by atoms with E-state index in [-0.39, 0.29) is 5.41 Å². The molecule has 3 nitrogen and oxygen atoms in total.